The van der Waals surface area contributed by atoms with Gasteiger partial charge < -0.3 is 10.5 Å². The van der Waals surface area contributed by atoms with Crippen LogP contribution >= 0.6 is 0 Å². The minimum Gasteiger partial charge on any atom is -0.459 e. The third-order valence-electron chi connectivity index (χ3n) is 1.80. The first-order valence-corrected chi connectivity index (χ1v) is 5.07. The third kappa shape index (κ3) is 3.95. The van der Waals surface area contributed by atoms with Gasteiger partial charge in [-0.3, -0.25) is 0 Å². The van der Waals surface area contributed by atoms with Crippen molar-refractivity contribution in [2.75, 3.05) is 5.73 Å². The maximum absolute atomic E-state index is 11.5. The van der Waals surface area contributed by atoms with E-state index in [-0.39, 0.29) is 11.7 Å². The van der Waals surface area contributed by atoms with Gasteiger partial charge in [-0.2, -0.15) is 5.26 Å². The minimum absolute atomic E-state index is 0.0646. The van der Waals surface area contributed by atoms with Gasteiger partial charge in [-0.1, -0.05) is 0 Å². The molecule has 2 N–H and O–H groups in total. The third-order valence-corrected chi connectivity index (χ3v) is 1.80. The normalized spacial score (nSPS) is 11.1. The van der Waals surface area contributed by atoms with Gasteiger partial charge in [0.1, 0.15) is 17.5 Å². The standard InChI is InChI=1S/C12H13N3O2/c1-8(2)17-12(16)10(6-13)5-9-3-4-11(14)15-7-9/h3-5,7-8H,1-2H3,(H2,14,15)/b10-5-. The van der Waals surface area contributed by atoms with Crippen molar-refractivity contribution in [3.8, 4) is 6.07 Å². The van der Waals surface area contributed by atoms with Crippen LogP contribution in [0, 0.1) is 11.3 Å². The monoisotopic (exact) mass is 231 g/mol. The lowest BCUT2D eigenvalue weighted by molar-refractivity contribution is -0.142. The minimum atomic E-state index is -0.640. The summed E-state index contributed by atoms with van der Waals surface area (Å²) in [5.41, 5.74) is 5.98. The number of rotatable bonds is 3. The highest BCUT2D eigenvalue weighted by atomic mass is 16.5. The van der Waals surface area contributed by atoms with E-state index >= 15 is 0 Å². The zero-order chi connectivity index (χ0) is 12.8. The molecule has 1 rings (SSSR count). The number of hydrogen-bond acceptors (Lipinski definition) is 5. The van der Waals surface area contributed by atoms with Crippen LogP contribution in [0.25, 0.3) is 6.08 Å². The highest BCUT2D eigenvalue weighted by molar-refractivity contribution is 5.97. The fourth-order valence-electron chi connectivity index (χ4n) is 1.08. The summed E-state index contributed by atoms with van der Waals surface area (Å²) in [6, 6.07) is 5.06. The summed E-state index contributed by atoms with van der Waals surface area (Å²) in [5.74, 6) is -0.260. The van der Waals surface area contributed by atoms with Gasteiger partial charge in [-0.05, 0) is 37.6 Å². The zero-order valence-corrected chi connectivity index (χ0v) is 9.68. The molecule has 5 nitrogen and oxygen atoms in total. The Morgan fingerprint density at radius 3 is 2.76 bits per heavy atom. The van der Waals surface area contributed by atoms with Gasteiger partial charge in [-0.25, -0.2) is 9.78 Å². The van der Waals surface area contributed by atoms with Crippen LogP contribution in [0.2, 0.25) is 0 Å². The molecular formula is C12H13N3O2. The van der Waals surface area contributed by atoms with Gasteiger partial charge in [0.15, 0.2) is 0 Å². The van der Waals surface area contributed by atoms with E-state index in [1.165, 1.54) is 12.3 Å². The van der Waals surface area contributed by atoms with Crippen LogP contribution in [0.15, 0.2) is 23.9 Å². The molecule has 0 spiro atoms. The number of aromatic nitrogens is 1. The number of carbonyl (C=O) groups is 1. The van der Waals surface area contributed by atoms with Gasteiger partial charge in [0.25, 0.3) is 0 Å². The lowest BCUT2D eigenvalue weighted by Crippen LogP contribution is -2.12. The van der Waals surface area contributed by atoms with Crippen LogP contribution in [0.1, 0.15) is 19.4 Å². The Kier molecular flexibility index (Phi) is 4.23. The molecule has 0 fully saturated rings. The summed E-state index contributed by atoms with van der Waals surface area (Å²) in [6.07, 6.45) is 2.63. The number of hydrogen-bond donors (Lipinski definition) is 1. The van der Waals surface area contributed by atoms with Crippen molar-refractivity contribution in [3.05, 3.63) is 29.5 Å². The highest BCUT2D eigenvalue weighted by Crippen LogP contribution is 2.09. The van der Waals surface area contributed by atoms with E-state index in [0.717, 1.165) is 0 Å². The van der Waals surface area contributed by atoms with Gasteiger partial charge in [-0.15, -0.1) is 0 Å². The molecule has 17 heavy (non-hydrogen) atoms. The van der Waals surface area contributed by atoms with Gasteiger partial charge in [0.2, 0.25) is 0 Å². The number of carbonyl (C=O) groups excluding carboxylic acids is 1. The average Bonchev–Trinajstić information content (AvgIpc) is 2.27. The second-order valence-electron chi connectivity index (χ2n) is 3.64. The van der Waals surface area contributed by atoms with Crippen molar-refractivity contribution in [2.45, 2.75) is 20.0 Å². The lowest BCUT2D eigenvalue weighted by atomic mass is 10.2. The molecule has 0 aliphatic heterocycles. The Hall–Kier alpha value is -2.35. The Balaban J connectivity index is 2.91. The van der Waals surface area contributed by atoms with Crippen LogP contribution in [0.3, 0.4) is 0 Å². The molecule has 0 atom stereocenters. The van der Waals surface area contributed by atoms with E-state index in [2.05, 4.69) is 4.98 Å². The molecule has 0 saturated carbocycles. The number of nitrogens with two attached hydrogens (primary N) is 1. The molecule has 88 valence electrons. The van der Waals surface area contributed by atoms with E-state index in [1.807, 2.05) is 0 Å². The predicted octanol–water partition coefficient (Wildman–Crippen LogP) is 1.52. The SMILES string of the molecule is CC(C)OC(=O)/C(C#N)=C\c1ccc(N)nc1. The molecule has 1 aromatic rings. The Bertz CT molecular complexity index is 470. The average molecular weight is 231 g/mol. The molecule has 0 aliphatic carbocycles. The number of esters is 1. The van der Waals surface area contributed by atoms with Crippen LogP contribution < -0.4 is 5.73 Å². The van der Waals surface area contributed by atoms with E-state index in [1.54, 1.807) is 32.0 Å². The summed E-state index contributed by atoms with van der Waals surface area (Å²) in [5, 5.41) is 8.86. The first-order valence-electron chi connectivity index (χ1n) is 5.07. The summed E-state index contributed by atoms with van der Waals surface area (Å²) >= 11 is 0. The molecule has 0 unspecified atom stereocenters. The highest BCUT2D eigenvalue weighted by Gasteiger charge is 2.12. The second kappa shape index (κ2) is 5.66. The summed E-state index contributed by atoms with van der Waals surface area (Å²) in [7, 11) is 0. The maximum Gasteiger partial charge on any atom is 0.349 e. The fraction of sp³-hybridized carbons (Fsp3) is 0.250. The molecular weight excluding hydrogens is 218 g/mol. The van der Waals surface area contributed by atoms with Gasteiger partial charge in [0.05, 0.1) is 6.10 Å². The summed E-state index contributed by atoms with van der Waals surface area (Å²) in [4.78, 5) is 15.4. The van der Waals surface area contributed by atoms with Crippen molar-refractivity contribution in [1.29, 1.82) is 5.26 Å². The smallest absolute Gasteiger partial charge is 0.349 e. The Morgan fingerprint density at radius 2 is 2.29 bits per heavy atom. The van der Waals surface area contributed by atoms with E-state index in [4.69, 9.17) is 15.7 Å². The predicted molar refractivity (Wildman–Crippen MR) is 63.5 cm³/mol. The number of pyridine rings is 1. The van der Waals surface area contributed by atoms with Crippen molar-refractivity contribution >= 4 is 17.9 Å². The molecule has 0 aliphatic rings. The van der Waals surface area contributed by atoms with Gasteiger partial charge >= 0.3 is 5.97 Å². The number of nitrogen functional groups attached to an aromatic ring is 1. The molecule has 5 heteroatoms. The number of ether oxygens (including phenoxy) is 1. The summed E-state index contributed by atoms with van der Waals surface area (Å²) in [6.45, 7) is 3.44. The zero-order valence-electron chi connectivity index (χ0n) is 9.68. The lowest BCUT2D eigenvalue weighted by Gasteiger charge is -2.06. The van der Waals surface area contributed by atoms with E-state index < -0.39 is 5.97 Å². The van der Waals surface area contributed by atoms with E-state index in [0.29, 0.717) is 11.4 Å². The fourth-order valence-corrected chi connectivity index (χ4v) is 1.08. The van der Waals surface area contributed by atoms with Crippen molar-refractivity contribution in [1.82, 2.24) is 4.98 Å². The van der Waals surface area contributed by atoms with Crippen LogP contribution in [-0.2, 0) is 9.53 Å². The van der Waals surface area contributed by atoms with Gasteiger partial charge in [0, 0.05) is 6.20 Å². The van der Waals surface area contributed by atoms with Crippen LogP contribution in [0.4, 0.5) is 5.82 Å². The van der Waals surface area contributed by atoms with Crippen molar-refractivity contribution in [3.63, 3.8) is 0 Å². The van der Waals surface area contributed by atoms with Crippen molar-refractivity contribution in [2.24, 2.45) is 0 Å². The number of nitrogens with zero attached hydrogens (tertiary/aromatic N) is 2. The quantitative estimate of drug-likeness (QED) is 0.484. The molecule has 0 radical (unpaired) electrons. The molecule has 1 heterocycles. The molecule has 0 bridgehead atoms. The molecule has 0 saturated heterocycles. The van der Waals surface area contributed by atoms with E-state index in [9.17, 15) is 4.79 Å². The largest absolute Gasteiger partial charge is 0.459 e. The number of anilines is 1. The maximum atomic E-state index is 11.5. The Labute approximate surface area is 99.5 Å². The molecule has 0 amide bonds. The second-order valence-corrected chi connectivity index (χ2v) is 3.64. The topological polar surface area (TPSA) is 89.0 Å². The first-order chi connectivity index (χ1) is 8.02. The summed E-state index contributed by atoms with van der Waals surface area (Å²) < 4.78 is 4.92. The first kappa shape index (κ1) is 12.7. The molecule has 0 aromatic carbocycles. The Morgan fingerprint density at radius 1 is 1.59 bits per heavy atom. The number of nitriles is 1. The van der Waals surface area contributed by atoms with Crippen LogP contribution in [0.5, 0.6) is 0 Å². The van der Waals surface area contributed by atoms with Crippen LogP contribution in [-0.4, -0.2) is 17.1 Å². The molecule has 1 aromatic heterocycles. The van der Waals surface area contributed by atoms with Crippen molar-refractivity contribution < 1.29 is 9.53 Å².